The molecule has 0 aliphatic heterocycles. The fourth-order valence-electron chi connectivity index (χ4n) is 2.61. The van der Waals surface area contributed by atoms with Crippen LogP contribution in [0.3, 0.4) is 0 Å². The largest absolute Gasteiger partial charge is 0.493 e. The average molecular weight is 409 g/mol. The molecule has 0 fully saturated rings. The summed E-state index contributed by atoms with van der Waals surface area (Å²) >= 11 is 0. The van der Waals surface area contributed by atoms with E-state index in [0.29, 0.717) is 11.5 Å². The van der Waals surface area contributed by atoms with Gasteiger partial charge in [0.2, 0.25) is 0 Å². The maximum atomic E-state index is 12.5. The van der Waals surface area contributed by atoms with Gasteiger partial charge < -0.3 is 14.8 Å². The number of hydrogen-bond acceptors (Lipinski definition) is 7. The molecule has 0 saturated carbocycles. The number of ether oxygens (including phenoxy) is 2. The quantitative estimate of drug-likeness (QED) is 0.446. The Kier molecular flexibility index (Phi) is 5.87. The van der Waals surface area contributed by atoms with Crippen LogP contribution in [0, 0.1) is 20.2 Å². The molecule has 3 aromatic carbocycles. The van der Waals surface area contributed by atoms with Crippen molar-refractivity contribution in [3.05, 3.63) is 92.5 Å². The minimum atomic E-state index is -0.664. The molecule has 30 heavy (non-hydrogen) atoms. The van der Waals surface area contributed by atoms with Crippen LogP contribution in [-0.2, 0) is 0 Å². The summed E-state index contributed by atoms with van der Waals surface area (Å²) in [7, 11) is 1.46. The molecule has 0 unspecified atom stereocenters. The number of non-ortho nitro benzene ring substituents is 2. The van der Waals surface area contributed by atoms with Crippen LogP contribution in [0.5, 0.6) is 17.2 Å². The van der Waals surface area contributed by atoms with Gasteiger partial charge in [0, 0.05) is 29.8 Å². The van der Waals surface area contributed by atoms with Gasteiger partial charge in [-0.1, -0.05) is 18.2 Å². The van der Waals surface area contributed by atoms with E-state index in [1.807, 2.05) is 0 Å². The summed E-state index contributed by atoms with van der Waals surface area (Å²) in [6.07, 6.45) is 0. The Hall–Kier alpha value is -4.47. The topological polar surface area (TPSA) is 134 Å². The van der Waals surface area contributed by atoms with Crippen molar-refractivity contribution in [2.75, 3.05) is 12.4 Å². The lowest BCUT2D eigenvalue weighted by Crippen LogP contribution is -2.12. The summed E-state index contributed by atoms with van der Waals surface area (Å²) in [5.41, 5.74) is -0.438. The van der Waals surface area contributed by atoms with Crippen LogP contribution in [0.2, 0.25) is 0 Å². The van der Waals surface area contributed by atoms with Gasteiger partial charge in [-0.25, -0.2) is 0 Å². The lowest BCUT2D eigenvalue weighted by atomic mass is 10.2. The van der Waals surface area contributed by atoms with Crippen molar-refractivity contribution in [1.82, 2.24) is 0 Å². The average Bonchev–Trinajstić information content (AvgIpc) is 2.74. The minimum Gasteiger partial charge on any atom is -0.493 e. The molecule has 3 rings (SSSR count). The molecule has 0 saturated heterocycles. The Morgan fingerprint density at radius 2 is 1.57 bits per heavy atom. The highest BCUT2D eigenvalue weighted by Gasteiger charge is 2.16. The number of nitrogens with zero attached hydrogens (tertiary/aromatic N) is 2. The van der Waals surface area contributed by atoms with Crippen LogP contribution in [0.15, 0.2) is 66.7 Å². The Morgan fingerprint density at radius 3 is 2.23 bits per heavy atom. The number of rotatable bonds is 7. The zero-order valence-corrected chi connectivity index (χ0v) is 15.6. The molecule has 10 heteroatoms. The van der Waals surface area contributed by atoms with E-state index in [-0.39, 0.29) is 28.4 Å². The monoisotopic (exact) mass is 409 g/mol. The summed E-state index contributed by atoms with van der Waals surface area (Å²) in [6.45, 7) is 0. The Morgan fingerprint density at radius 1 is 0.867 bits per heavy atom. The van der Waals surface area contributed by atoms with Gasteiger partial charge in [0.15, 0.2) is 11.5 Å². The van der Waals surface area contributed by atoms with Crippen LogP contribution in [0.1, 0.15) is 10.4 Å². The summed E-state index contributed by atoms with van der Waals surface area (Å²) in [5.74, 6) is 0.188. The molecule has 3 aromatic rings. The number of hydrogen-bond donors (Lipinski definition) is 1. The Bertz CT molecular complexity index is 1130. The zero-order chi connectivity index (χ0) is 21.7. The third-order valence-electron chi connectivity index (χ3n) is 3.98. The van der Waals surface area contributed by atoms with Gasteiger partial charge in [0.25, 0.3) is 17.3 Å². The number of amides is 1. The number of benzene rings is 3. The van der Waals surface area contributed by atoms with E-state index in [4.69, 9.17) is 9.47 Å². The first kappa shape index (κ1) is 20.3. The van der Waals surface area contributed by atoms with Crippen LogP contribution in [0.4, 0.5) is 17.1 Å². The summed E-state index contributed by atoms with van der Waals surface area (Å²) in [5, 5.41) is 24.7. The van der Waals surface area contributed by atoms with Gasteiger partial charge in [-0.2, -0.15) is 0 Å². The SMILES string of the molecule is COc1ccccc1Oc1cc(NC(=O)c2cccc([N+](=O)[O-])c2)cc([N+](=O)[O-])c1. The number of methoxy groups -OCH3 is 1. The Balaban J connectivity index is 1.91. The minimum absolute atomic E-state index is 0.0305. The molecule has 152 valence electrons. The third-order valence-corrected chi connectivity index (χ3v) is 3.98. The number of nitrogens with one attached hydrogen (secondary N) is 1. The normalized spacial score (nSPS) is 10.2. The first-order valence-corrected chi connectivity index (χ1v) is 8.53. The summed E-state index contributed by atoms with van der Waals surface area (Å²) < 4.78 is 10.9. The summed E-state index contributed by atoms with van der Waals surface area (Å²) in [6, 6.07) is 15.6. The van der Waals surface area contributed by atoms with E-state index in [1.54, 1.807) is 24.3 Å². The molecule has 0 aromatic heterocycles. The van der Waals surface area contributed by atoms with E-state index < -0.39 is 15.8 Å². The van der Waals surface area contributed by atoms with Gasteiger partial charge in [0.1, 0.15) is 5.75 Å². The van der Waals surface area contributed by atoms with Crippen molar-refractivity contribution in [2.24, 2.45) is 0 Å². The highest BCUT2D eigenvalue weighted by Crippen LogP contribution is 2.34. The number of nitro benzene ring substituents is 2. The molecule has 1 amide bonds. The van der Waals surface area contributed by atoms with Gasteiger partial charge in [0.05, 0.1) is 28.7 Å². The van der Waals surface area contributed by atoms with Crippen LogP contribution >= 0.6 is 0 Å². The van der Waals surface area contributed by atoms with Crippen LogP contribution in [-0.4, -0.2) is 22.9 Å². The van der Waals surface area contributed by atoms with Gasteiger partial charge in [-0.15, -0.1) is 0 Å². The maximum Gasteiger partial charge on any atom is 0.275 e. The number of carbonyl (C=O) groups excluding carboxylic acids is 1. The smallest absolute Gasteiger partial charge is 0.275 e. The molecule has 0 radical (unpaired) electrons. The number of para-hydroxylation sites is 2. The molecular weight excluding hydrogens is 394 g/mol. The second-order valence-corrected chi connectivity index (χ2v) is 5.99. The number of anilines is 1. The van der Waals surface area contributed by atoms with Crippen molar-refractivity contribution in [3.8, 4) is 17.2 Å². The van der Waals surface area contributed by atoms with Crippen LogP contribution in [0.25, 0.3) is 0 Å². The molecule has 0 atom stereocenters. The first-order chi connectivity index (χ1) is 14.4. The number of carbonyl (C=O) groups is 1. The van der Waals surface area contributed by atoms with E-state index in [0.717, 1.165) is 12.1 Å². The second-order valence-electron chi connectivity index (χ2n) is 5.99. The third kappa shape index (κ3) is 4.68. The number of nitro groups is 2. The van der Waals surface area contributed by atoms with Crippen molar-refractivity contribution in [3.63, 3.8) is 0 Å². The molecule has 0 heterocycles. The molecule has 0 aliphatic carbocycles. The second kappa shape index (κ2) is 8.69. The van der Waals surface area contributed by atoms with E-state index in [9.17, 15) is 25.0 Å². The Labute approximate surface area is 170 Å². The van der Waals surface area contributed by atoms with Crippen molar-refractivity contribution in [2.45, 2.75) is 0 Å². The van der Waals surface area contributed by atoms with Crippen molar-refractivity contribution in [1.29, 1.82) is 0 Å². The predicted octanol–water partition coefficient (Wildman–Crippen LogP) is 4.56. The lowest BCUT2D eigenvalue weighted by molar-refractivity contribution is -0.385. The first-order valence-electron chi connectivity index (χ1n) is 8.53. The molecular formula is C20H15N3O7. The van der Waals surface area contributed by atoms with Gasteiger partial charge in [-0.05, 0) is 18.2 Å². The lowest BCUT2D eigenvalue weighted by Gasteiger charge is -2.12. The highest BCUT2D eigenvalue weighted by molar-refractivity contribution is 6.04. The van der Waals surface area contributed by atoms with Crippen molar-refractivity contribution < 1.29 is 24.1 Å². The van der Waals surface area contributed by atoms with Gasteiger partial charge in [-0.3, -0.25) is 25.0 Å². The molecule has 0 aliphatic rings. The molecule has 0 spiro atoms. The zero-order valence-electron chi connectivity index (χ0n) is 15.6. The standard InChI is InChI=1S/C20H15N3O7/c1-29-18-7-2-3-8-19(18)30-17-11-14(10-16(12-17)23(27)28)21-20(24)13-5-4-6-15(9-13)22(25)26/h2-12H,1H3,(H,21,24). The van der Waals surface area contributed by atoms with Gasteiger partial charge >= 0.3 is 0 Å². The van der Waals surface area contributed by atoms with E-state index in [2.05, 4.69) is 5.32 Å². The summed E-state index contributed by atoms with van der Waals surface area (Å²) in [4.78, 5) is 33.4. The maximum absolute atomic E-state index is 12.5. The van der Waals surface area contributed by atoms with Crippen LogP contribution < -0.4 is 14.8 Å². The van der Waals surface area contributed by atoms with E-state index >= 15 is 0 Å². The molecule has 1 N–H and O–H groups in total. The van der Waals surface area contributed by atoms with Crippen molar-refractivity contribution >= 4 is 23.0 Å². The molecule has 10 nitrogen and oxygen atoms in total. The van der Waals surface area contributed by atoms with E-state index in [1.165, 1.54) is 37.4 Å². The molecule has 0 bridgehead atoms. The predicted molar refractivity (Wildman–Crippen MR) is 107 cm³/mol. The highest BCUT2D eigenvalue weighted by atomic mass is 16.6. The fourth-order valence-corrected chi connectivity index (χ4v) is 2.61. The fraction of sp³-hybridized carbons (Fsp3) is 0.0500.